The maximum Gasteiger partial charge on any atom is 0.319 e. The quantitative estimate of drug-likeness (QED) is 0.321. The minimum Gasteiger partial charge on any atom is -0.493 e. The number of methoxy groups -OCH3 is 1. The first-order valence-electron chi connectivity index (χ1n) is 10.3. The van der Waals surface area contributed by atoms with Crippen molar-refractivity contribution in [3.8, 4) is 17.6 Å². The smallest absolute Gasteiger partial charge is 0.319 e. The molecule has 0 saturated heterocycles. The molecule has 1 amide bonds. The van der Waals surface area contributed by atoms with Gasteiger partial charge in [0.15, 0.2) is 0 Å². The van der Waals surface area contributed by atoms with Crippen LogP contribution < -0.4 is 14.8 Å². The van der Waals surface area contributed by atoms with E-state index in [9.17, 15) is 14.9 Å². The van der Waals surface area contributed by atoms with E-state index in [4.69, 9.17) is 25.8 Å². The fourth-order valence-electron chi connectivity index (χ4n) is 3.48. The van der Waals surface area contributed by atoms with E-state index in [1.807, 2.05) is 37.3 Å². The van der Waals surface area contributed by atoms with Gasteiger partial charge < -0.3 is 19.5 Å². The molecular weight excluding hydrogens is 464 g/mol. The lowest BCUT2D eigenvalue weighted by Gasteiger charge is -2.31. The van der Waals surface area contributed by atoms with E-state index in [0.29, 0.717) is 40.3 Å². The summed E-state index contributed by atoms with van der Waals surface area (Å²) >= 11 is 7.63. The summed E-state index contributed by atoms with van der Waals surface area (Å²) in [4.78, 5) is 25.4. The predicted molar refractivity (Wildman–Crippen MR) is 126 cm³/mol. The second-order valence-electron chi connectivity index (χ2n) is 6.96. The number of para-hydroxylation sites is 1. The second-order valence-corrected chi connectivity index (χ2v) is 8.47. The Hall–Kier alpha value is -3.15. The zero-order valence-corrected chi connectivity index (χ0v) is 19.7. The third-order valence-corrected chi connectivity index (χ3v) is 6.22. The molecule has 1 N–H and O–H groups in total. The average molecular weight is 487 g/mol. The van der Waals surface area contributed by atoms with Crippen LogP contribution in [0.2, 0.25) is 5.02 Å². The lowest BCUT2D eigenvalue weighted by atomic mass is 9.78. The Balaban J connectivity index is 1.89. The van der Waals surface area contributed by atoms with Gasteiger partial charge in [0, 0.05) is 11.7 Å². The Morgan fingerprint density at radius 1 is 1.21 bits per heavy atom. The Morgan fingerprint density at radius 3 is 2.61 bits per heavy atom. The van der Waals surface area contributed by atoms with Crippen molar-refractivity contribution in [2.45, 2.75) is 12.8 Å². The summed E-state index contributed by atoms with van der Waals surface area (Å²) in [6, 6.07) is 16.5. The van der Waals surface area contributed by atoms with E-state index in [0.717, 1.165) is 5.75 Å². The topological polar surface area (TPSA) is 97.6 Å². The molecule has 1 aliphatic heterocycles. The molecule has 0 saturated carbocycles. The highest BCUT2D eigenvalue weighted by Gasteiger charge is 2.44. The lowest BCUT2D eigenvalue weighted by Crippen LogP contribution is -2.44. The standard InChI is InChI=1S/C24H23ClN2O5S/c1-3-31-19-10-9-15(13-18(19)25)20-17(14-26)23(27-22(28)21(20)24(29)30-2)33-12-11-32-16-7-5-4-6-8-16/h4-10,13,20-21H,3,11-12H2,1-2H3,(H,27,28)/t20-,21+/m1/s1. The molecule has 0 radical (unpaired) electrons. The number of nitrogens with one attached hydrogen (secondary N) is 1. The first-order valence-corrected chi connectivity index (χ1v) is 11.6. The molecule has 0 spiro atoms. The molecule has 1 heterocycles. The van der Waals surface area contributed by atoms with Crippen LogP contribution in [0.5, 0.6) is 11.5 Å². The van der Waals surface area contributed by atoms with Crippen LogP contribution in [0.1, 0.15) is 18.4 Å². The van der Waals surface area contributed by atoms with Crippen LogP contribution in [0.25, 0.3) is 0 Å². The van der Waals surface area contributed by atoms with Gasteiger partial charge in [-0.1, -0.05) is 35.9 Å². The molecule has 0 bridgehead atoms. The van der Waals surface area contributed by atoms with Crippen LogP contribution in [0, 0.1) is 17.2 Å². The molecule has 1 aliphatic rings. The number of amides is 1. The number of hydrogen-bond donors (Lipinski definition) is 1. The number of nitrogens with zero attached hydrogens (tertiary/aromatic N) is 1. The van der Waals surface area contributed by atoms with E-state index in [2.05, 4.69) is 11.4 Å². The molecular formula is C24H23ClN2O5S. The van der Waals surface area contributed by atoms with Gasteiger partial charge in [0.05, 0.1) is 42.0 Å². The fourth-order valence-corrected chi connectivity index (χ4v) is 4.60. The van der Waals surface area contributed by atoms with Crippen molar-refractivity contribution in [3.63, 3.8) is 0 Å². The molecule has 0 unspecified atom stereocenters. The minimum absolute atomic E-state index is 0.259. The van der Waals surface area contributed by atoms with E-state index < -0.39 is 23.7 Å². The summed E-state index contributed by atoms with van der Waals surface area (Å²) in [6.45, 7) is 2.64. The third kappa shape index (κ3) is 5.81. The normalized spacial score (nSPS) is 17.7. The zero-order chi connectivity index (χ0) is 23.8. The molecule has 0 fully saturated rings. The van der Waals surface area contributed by atoms with Crippen LogP contribution in [0.4, 0.5) is 0 Å². The van der Waals surface area contributed by atoms with Crippen molar-refractivity contribution >= 4 is 35.2 Å². The largest absolute Gasteiger partial charge is 0.493 e. The van der Waals surface area contributed by atoms with Crippen LogP contribution in [-0.4, -0.2) is 38.0 Å². The average Bonchev–Trinajstić information content (AvgIpc) is 2.83. The number of esters is 1. The maximum atomic E-state index is 12.9. The first kappa shape index (κ1) is 24.5. The lowest BCUT2D eigenvalue weighted by molar-refractivity contribution is -0.150. The monoisotopic (exact) mass is 486 g/mol. The maximum absolute atomic E-state index is 12.9. The third-order valence-electron chi connectivity index (χ3n) is 4.94. The highest BCUT2D eigenvalue weighted by atomic mass is 35.5. The number of carbonyl (C=O) groups excluding carboxylic acids is 2. The number of thioether (sulfide) groups is 1. The van der Waals surface area contributed by atoms with Gasteiger partial charge in [-0.15, -0.1) is 11.8 Å². The molecule has 2 atom stereocenters. The molecule has 3 rings (SSSR count). The molecule has 2 aromatic rings. The van der Waals surface area contributed by atoms with Gasteiger partial charge in [-0.3, -0.25) is 9.59 Å². The van der Waals surface area contributed by atoms with Gasteiger partial charge in [-0.05, 0) is 36.8 Å². The number of nitriles is 1. The number of rotatable bonds is 9. The summed E-state index contributed by atoms with van der Waals surface area (Å²) in [5.74, 6) is -1.64. The summed E-state index contributed by atoms with van der Waals surface area (Å²) in [5, 5.41) is 13.4. The Bertz CT molecular complexity index is 1080. The second kappa shape index (κ2) is 11.6. The van der Waals surface area contributed by atoms with Crippen LogP contribution >= 0.6 is 23.4 Å². The Kier molecular flexibility index (Phi) is 8.64. The van der Waals surface area contributed by atoms with Crippen LogP contribution in [-0.2, 0) is 14.3 Å². The van der Waals surface area contributed by atoms with Crippen molar-refractivity contribution in [1.29, 1.82) is 5.26 Å². The number of allylic oxidation sites excluding steroid dienone is 1. The fraction of sp³-hybridized carbons (Fsp3) is 0.292. The van der Waals surface area contributed by atoms with E-state index in [1.54, 1.807) is 18.2 Å². The van der Waals surface area contributed by atoms with Gasteiger partial charge in [0.1, 0.15) is 17.4 Å². The first-order chi connectivity index (χ1) is 16.0. The minimum atomic E-state index is -1.22. The molecule has 2 aromatic carbocycles. The number of halogens is 1. The van der Waals surface area contributed by atoms with Gasteiger partial charge in [0.25, 0.3) is 0 Å². The van der Waals surface area contributed by atoms with Gasteiger partial charge in [-0.2, -0.15) is 5.26 Å². The van der Waals surface area contributed by atoms with E-state index >= 15 is 0 Å². The van der Waals surface area contributed by atoms with E-state index in [1.165, 1.54) is 18.9 Å². The van der Waals surface area contributed by atoms with E-state index in [-0.39, 0.29) is 5.57 Å². The van der Waals surface area contributed by atoms with Crippen molar-refractivity contribution in [1.82, 2.24) is 5.32 Å². The molecule has 0 aliphatic carbocycles. The van der Waals surface area contributed by atoms with Crippen molar-refractivity contribution in [2.75, 3.05) is 26.1 Å². The molecule has 172 valence electrons. The molecule has 0 aromatic heterocycles. The highest BCUT2D eigenvalue weighted by molar-refractivity contribution is 8.03. The molecule has 7 nitrogen and oxygen atoms in total. The summed E-state index contributed by atoms with van der Waals surface area (Å²) in [7, 11) is 1.21. The highest BCUT2D eigenvalue weighted by Crippen LogP contribution is 2.42. The Morgan fingerprint density at radius 2 is 1.97 bits per heavy atom. The molecule has 33 heavy (non-hydrogen) atoms. The summed E-state index contributed by atoms with van der Waals surface area (Å²) in [6.07, 6.45) is 0. The van der Waals surface area contributed by atoms with Gasteiger partial charge >= 0.3 is 5.97 Å². The number of hydrogen-bond acceptors (Lipinski definition) is 7. The summed E-state index contributed by atoms with van der Waals surface area (Å²) < 4.78 is 16.0. The SMILES string of the molecule is CCOc1ccc([C@@H]2C(C#N)=C(SCCOc3ccccc3)NC(=O)[C@H]2C(=O)OC)cc1Cl. The molecule has 9 heteroatoms. The van der Waals surface area contributed by atoms with Crippen molar-refractivity contribution in [2.24, 2.45) is 5.92 Å². The zero-order valence-electron chi connectivity index (χ0n) is 18.2. The van der Waals surface area contributed by atoms with Gasteiger partial charge in [-0.25, -0.2) is 0 Å². The van der Waals surface area contributed by atoms with Crippen LogP contribution in [0.15, 0.2) is 59.1 Å². The number of benzene rings is 2. The number of carbonyl (C=O) groups is 2. The van der Waals surface area contributed by atoms with Gasteiger partial charge in [0.2, 0.25) is 5.91 Å². The van der Waals surface area contributed by atoms with Crippen molar-refractivity contribution in [3.05, 3.63) is 69.7 Å². The number of ether oxygens (including phenoxy) is 3. The Labute approximate surface area is 201 Å². The predicted octanol–water partition coefficient (Wildman–Crippen LogP) is 4.29. The van der Waals surface area contributed by atoms with Crippen LogP contribution in [0.3, 0.4) is 0 Å². The van der Waals surface area contributed by atoms with Crippen molar-refractivity contribution < 1.29 is 23.8 Å². The summed E-state index contributed by atoms with van der Waals surface area (Å²) in [5.41, 5.74) is 0.804.